The molecular formula is C43H41ClF10N8O4S2. The fourth-order valence-electron chi connectivity index (χ4n) is 7.72. The van der Waals surface area contributed by atoms with E-state index in [1.54, 1.807) is 13.8 Å². The normalized spacial score (nSPS) is 15.7. The topological polar surface area (TPSA) is 153 Å². The number of aliphatic hydroxyl groups excluding tert-OH is 1. The average Bonchev–Trinajstić information content (AvgIpc) is 3.88. The van der Waals surface area contributed by atoms with Crippen molar-refractivity contribution < 1.29 is 63.2 Å². The molecule has 6 rings (SSSR count). The Kier molecular flexibility index (Phi) is 15.4. The average molecular weight is 1020 g/mol. The molecular weight excluding hydrogens is 982 g/mol. The van der Waals surface area contributed by atoms with Crippen molar-refractivity contribution in [1.29, 1.82) is 0 Å². The zero-order chi connectivity index (χ0) is 50.3. The number of rotatable bonds is 14. The lowest BCUT2D eigenvalue weighted by Crippen LogP contribution is -2.37. The van der Waals surface area contributed by atoms with Crippen molar-refractivity contribution in [2.45, 2.75) is 88.1 Å². The number of pyridine rings is 1. The number of urea groups is 1. The second-order valence-electron chi connectivity index (χ2n) is 16.1. The highest BCUT2D eigenvalue weighted by atomic mass is 35.5. The van der Waals surface area contributed by atoms with E-state index < -0.39 is 119 Å². The Balaban J connectivity index is 1.62. The van der Waals surface area contributed by atoms with Gasteiger partial charge in [0.05, 0.1) is 40.5 Å². The minimum atomic E-state index is -5.19. The number of aromatic nitrogens is 5. The highest BCUT2D eigenvalue weighted by Gasteiger charge is 2.54. The van der Waals surface area contributed by atoms with Crippen LogP contribution in [0.2, 0.25) is 5.02 Å². The molecule has 2 aromatic carbocycles. The van der Waals surface area contributed by atoms with Gasteiger partial charge >= 0.3 is 18.4 Å². The molecule has 0 aliphatic heterocycles. The van der Waals surface area contributed by atoms with Crippen LogP contribution in [-0.2, 0) is 47.6 Å². The fourth-order valence-corrected chi connectivity index (χ4v) is 8.68. The number of fused-ring (bicyclic) bond motifs is 2. The minimum absolute atomic E-state index is 0.0966. The summed E-state index contributed by atoms with van der Waals surface area (Å²) in [5, 5.41) is 21.4. The molecule has 12 nitrogen and oxygen atoms in total. The first kappa shape index (κ1) is 52.2. The van der Waals surface area contributed by atoms with Crippen LogP contribution in [0.15, 0.2) is 42.5 Å². The predicted molar refractivity (Wildman–Crippen MR) is 235 cm³/mol. The van der Waals surface area contributed by atoms with Gasteiger partial charge in [-0.1, -0.05) is 24.6 Å². The summed E-state index contributed by atoms with van der Waals surface area (Å²) < 4.78 is 160. The molecule has 1 aliphatic rings. The summed E-state index contributed by atoms with van der Waals surface area (Å²) in [4.78, 5) is 32.1. The molecule has 3 amide bonds. The number of aliphatic hydroxyl groups is 1. The van der Waals surface area contributed by atoms with E-state index in [9.17, 15) is 54.4 Å². The highest BCUT2D eigenvalue weighted by molar-refractivity contribution is 8.00. The standard InChI is InChI=1S/C43H41ClF10N8O4S2/c1-6-23-19-41(47,48)37-32(23)36(43(52,53)54)58-60(37)20-31(64)57-30(17-22-15-24(45)18-25(46)16-22)34-27(8-7-26(56-34)11-12-40(2,3)68(5)66)28-9-10-29(44)33-35(28)61(21-42(49,50)51)59-38(33)62(67-4)39(65)55-13-14-63/h7-10,15-16,18,23,30,63H,6,13-14,17,19-21H2,1-5H3,(H,55,65)(H,57,64)/t23-,30?,68?/m0/s1. The maximum absolute atomic E-state index is 15.5. The SMILES string of the molecule is CC[C@H]1CC(F)(F)c2c1c(C(F)(F)F)nn2CC(=O)NC(Cc1cc(F)cc(F)c1)c1nc(C#CC(C)(C)[S+](C)[O-])ccc1-c1ccc(Cl)c2c(N(SC)C(=O)NCCO)nn(CC(F)(F)F)c12. The number of hydrogen-bond donors (Lipinski definition) is 3. The molecule has 366 valence electrons. The van der Waals surface area contributed by atoms with Gasteiger partial charge < -0.3 is 20.3 Å². The zero-order valence-corrected chi connectivity index (χ0v) is 38.9. The summed E-state index contributed by atoms with van der Waals surface area (Å²) in [6.07, 6.45) is -9.02. The van der Waals surface area contributed by atoms with Gasteiger partial charge in [0.25, 0.3) is 5.92 Å². The first-order chi connectivity index (χ1) is 31.7. The Labute approximate surface area is 394 Å². The largest absolute Gasteiger partial charge is 0.615 e. The van der Waals surface area contributed by atoms with Crippen molar-refractivity contribution in [2.24, 2.45) is 0 Å². The second-order valence-corrected chi connectivity index (χ2v) is 19.1. The van der Waals surface area contributed by atoms with E-state index in [2.05, 4.69) is 37.7 Å². The Morgan fingerprint density at radius 3 is 2.31 bits per heavy atom. The van der Waals surface area contributed by atoms with Crippen molar-refractivity contribution in [2.75, 3.05) is 30.0 Å². The van der Waals surface area contributed by atoms with Gasteiger partial charge in [0.1, 0.15) is 36.1 Å². The summed E-state index contributed by atoms with van der Waals surface area (Å²) in [5.41, 5.74) is -4.59. The van der Waals surface area contributed by atoms with E-state index >= 15 is 8.78 Å². The number of nitrogens with zero attached hydrogens (tertiary/aromatic N) is 6. The molecule has 0 saturated heterocycles. The third-order valence-electron chi connectivity index (χ3n) is 10.9. The van der Waals surface area contributed by atoms with E-state index in [0.29, 0.717) is 10.7 Å². The second kappa shape index (κ2) is 20.0. The van der Waals surface area contributed by atoms with Gasteiger partial charge in [0, 0.05) is 42.0 Å². The number of carbonyl (C=O) groups is 2. The monoisotopic (exact) mass is 1020 g/mol. The number of halogens is 11. The van der Waals surface area contributed by atoms with Crippen LogP contribution < -0.4 is 14.9 Å². The summed E-state index contributed by atoms with van der Waals surface area (Å²) in [7, 11) is 0. The number of anilines is 1. The number of benzene rings is 2. The van der Waals surface area contributed by atoms with Crippen molar-refractivity contribution >= 4 is 63.4 Å². The van der Waals surface area contributed by atoms with Crippen molar-refractivity contribution in [3.63, 3.8) is 0 Å². The lowest BCUT2D eigenvalue weighted by Gasteiger charge is -2.23. The Morgan fingerprint density at radius 2 is 1.72 bits per heavy atom. The van der Waals surface area contributed by atoms with E-state index in [1.165, 1.54) is 43.7 Å². The summed E-state index contributed by atoms with van der Waals surface area (Å²) >= 11 is 5.88. The van der Waals surface area contributed by atoms with Crippen LogP contribution in [0.1, 0.15) is 79.5 Å². The first-order valence-corrected chi connectivity index (χ1v) is 23.5. The molecule has 3 atom stereocenters. The minimum Gasteiger partial charge on any atom is -0.615 e. The summed E-state index contributed by atoms with van der Waals surface area (Å²) in [6, 6.07) is 4.95. The lowest BCUT2D eigenvalue weighted by atomic mass is 9.93. The summed E-state index contributed by atoms with van der Waals surface area (Å²) in [5.74, 6) is -3.27. The van der Waals surface area contributed by atoms with Crippen LogP contribution in [0.25, 0.3) is 22.0 Å². The molecule has 25 heteroatoms. The van der Waals surface area contributed by atoms with E-state index in [1.807, 2.05) is 0 Å². The molecule has 5 aromatic rings. The number of carbonyl (C=O) groups excluding carboxylic acids is 2. The maximum atomic E-state index is 15.5. The summed E-state index contributed by atoms with van der Waals surface area (Å²) in [6.45, 7) is 0.805. The lowest BCUT2D eigenvalue weighted by molar-refractivity contribution is -0.143. The Morgan fingerprint density at radius 1 is 1.06 bits per heavy atom. The highest BCUT2D eigenvalue weighted by Crippen LogP contribution is 2.53. The van der Waals surface area contributed by atoms with E-state index in [-0.39, 0.29) is 67.5 Å². The Bertz CT molecular complexity index is 2770. The van der Waals surface area contributed by atoms with Gasteiger partial charge in [0.15, 0.2) is 16.3 Å². The van der Waals surface area contributed by atoms with Gasteiger partial charge in [-0.2, -0.15) is 45.3 Å². The molecule has 3 N–H and O–H groups in total. The zero-order valence-electron chi connectivity index (χ0n) is 36.5. The molecule has 1 aliphatic carbocycles. The van der Waals surface area contributed by atoms with Crippen LogP contribution >= 0.6 is 23.5 Å². The van der Waals surface area contributed by atoms with Gasteiger partial charge in [-0.15, -0.1) is 0 Å². The smallest absolute Gasteiger partial charge is 0.435 e. The number of hydrogen-bond acceptors (Lipinski definition) is 8. The van der Waals surface area contributed by atoms with Crippen LogP contribution in [0.5, 0.6) is 0 Å². The van der Waals surface area contributed by atoms with Gasteiger partial charge in [-0.25, -0.2) is 22.9 Å². The number of amides is 3. The Hall–Kier alpha value is -5.22. The number of alkyl halides is 8. The first-order valence-electron chi connectivity index (χ1n) is 20.4. The van der Waals surface area contributed by atoms with Crippen molar-refractivity contribution in [1.82, 2.24) is 35.2 Å². The molecule has 0 fully saturated rings. The van der Waals surface area contributed by atoms with Crippen LogP contribution in [0, 0.1) is 23.5 Å². The molecule has 0 bridgehead atoms. The van der Waals surface area contributed by atoms with E-state index in [4.69, 9.17) is 11.6 Å². The van der Waals surface area contributed by atoms with Gasteiger partial charge in [0.2, 0.25) is 5.91 Å². The molecule has 3 aromatic heterocycles. The maximum Gasteiger partial charge on any atom is 0.435 e. The van der Waals surface area contributed by atoms with Crippen LogP contribution in [0.3, 0.4) is 0 Å². The molecule has 0 spiro atoms. The molecule has 3 heterocycles. The fraction of sp³-hybridized carbons (Fsp3) is 0.419. The third kappa shape index (κ3) is 11.3. The van der Waals surface area contributed by atoms with Crippen LogP contribution in [-0.4, -0.2) is 82.7 Å². The molecule has 2 unspecified atom stereocenters. The van der Waals surface area contributed by atoms with Gasteiger partial charge in [-0.3, -0.25) is 14.2 Å². The van der Waals surface area contributed by atoms with Gasteiger partial charge in [-0.05, 0) is 103 Å². The predicted octanol–water partition coefficient (Wildman–Crippen LogP) is 9.19. The number of nitrogens with one attached hydrogen (secondary N) is 2. The molecule has 0 radical (unpaired) electrons. The van der Waals surface area contributed by atoms with Crippen molar-refractivity contribution in [3.8, 4) is 23.0 Å². The third-order valence-corrected chi connectivity index (χ3v) is 13.4. The molecule has 0 saturated carbocycles. The quantitative estimate of drug-likeness (QED) is 0.0431. The van der Waals surface area contributed by atoms with E-state index in [0.717, 1.165) is 28.4 Å². The molecule has 68 heavy (non-hydrogen) atoms. The van der Waals surface area contributed by atoms with Crippen molar-refractivity contribution in [3.05, 3.63) is 93.0 Å². The van der Waals surface area contributed by atoms with Crippen LogP contribution in [0.4, 0.5) is 54.5 Å².